The number of carbonyl (C=O) groups excluding carboxylic acids is 1. The van der Waals surface area contributed by atoms with Gasteiger partial charge >= 0.3 is 0 Å². The van der Waals surface area contributed by atoms with E-state index < -0.39 is 0 Å². The Morgan fingerprint density at radius 3 is 2.12 bits per heavy atom. The van der Waals surface area contributed by atoms with Crippen LogP contribution in [0.3, 0.4) is 0 Å². The second-order valence-electron chi connectivity index (χ2n) is 9.11. The topological polar surface area (TPSA) is 51.1 Å². The number of aliphatic imine (C=N–C) groups is 1. The monoisotopic (exact) mass is 568 g/mol. The molecule has 1 amide bonds. The highest BCUT2D eigenvalue weighted by Crippen LogP contribution is 2.40. The van der Waals surface area contributed by atoms with Gasteiger partial charge in [-0.1, -0.05) is 103 Å². The molecule has 0 atom stereocenters. The zero-order valence-corrected chi connectivity index (χ0v) is 23.7. The van der Waals surface area contributed by atoms with Gasteiger partial charge in [-0.3, -0.25) is 14.7 Å². The molecule has 4 aromatic rings. The van der Waals surface area contributed by atoms with E-state index in [1.807, 2.05) is 110 Å². The van der Waals surface area contributed by atoms with Gasteiger partial charge in [0, 0.05) is 0 Å². The molecule has 0 aromatic heterocycles. The lowest BCUT2D eigenvalue weighted by atomic mass is 10.1. The second kappa shape index (κ2) is 13.4. The van der Waals surface area contributed by atoms with Crippen LogP contribution in [0.1, 0.15) is 29.2 Å². The summed E-state index contributed by atoms with van der Waals surface area (Å²) in [6.45, 7) is 3.66. The summed E-state index contributed by atoms with van der Waals surface area (Å²) in [7, 11) is 0. The van der Waals surface area contributed by atoms with E-state index in [1.165, 1.54) is 11.8 Å². The first-order chi connectivity index (χ1) is 19.6. The van der Waals surface area contributed by atoms with Crippen LogP contribution in [0.2, 0.25) is 5.02 Å². The zero-order valence-electron chi connectivity index (χ0n) is 22.1. The number of amides is 1. The number of ether oxygens (including phenoxy) is 2. The molecule has 1 heterocycles. The zero-order chi connectivity index (χ0) is 27.7. The first kappa shape index (κ1) is 27.6. The first-order valence-electron chi connectivity index (χ1n) is 13.1. The normalized spacial score (nSPS) is 15.2. The predicted molar refractivity (Wildman–Crippen MR) is 164 cm³/mol. The van der Waals surface area contributed by atoms with Crippen molar-refractivity contribution >= 4 is 40.5 Å². The Bertz CT molecular complexity index is 1510. The van der Waals surface area contributed by atoms with E-state index in [0.717, 1.165) is 22.3 Å². The molecule has 0 N–H and O–H groups in total. The van der Waals surface area contributed by atoms with Crippen molar-refractivity contribution in [3.05, 3.63) is 135 Å². The largest absolute Gasteiger partial charge is 0.490 e. The Kier molecular flexibility index (Phi) is 9.22. The van der Waals surface area contributed by atoms with Crippen molar-refractivity contribution in [1.29, 1.82) is 0 Å². The summed E-state index contributed by atoms with van der Waals surface area (Å²) in [5.41, 5.74) is 3.90. The van der Waals surface area contributed by atoms with Crippen LogP contribution in [0.25, 0.3) is 6.08 Å². The highest BCUT2D eigenvalue weighted by atomic mass is 35.5. The third-order valence-electron chi connectivity index (χ3n) is 6.17. The number of nitrogens with zero attached hydrogens (tertiary/aromatic N) is 2. The maximum Gasteiger partial charge on any atom is 0.267 e. The van der Waals surface area contributed by atoms with Gasteiger partial charge in [0.1, 0.15) is 6.61 Å². The molecule has 0 aliphatic carbocycles. The summed E-state index contributed by atoms with van der Waals surface area (Å²) >= 11 is 8.05. The molecule has 0 spiro atoms. The first-order valence-corrected chi connectivity index (χ1v) is 14.3. The molecule has 5 nitrogen and oxygen atoms in total. The summed E-state index contributed by atoms with van der Waals surface area (Å²) in [6.07, 6.45) is 1.84. The molecule has 1 aliphatic heterocycles. The van der Waals surface area contributed by atoms with Gasteiger partial charge in [0.2, 0.25) is 0 Å². The summed E-state index contributed by atoms with van der Waals surface area (Å²) in [4.78, 5) is 20.7. The molecule has 0 radical (unpaired) electrons. The van der Waals surface area contributed by atoms with Crippen LogP contribution in [0.4, 0.5) is 0 Å². The molecular weight excluding hydrogens is 540 g/mol. The molecule has 0 saturated carbocycles. The van der Waals surface area contributed by atoms with Crippen LogP contribution in [0, 0.1) is 0 Å². The lowest BCUT2D eigenvalue weighted by Crippen LogP contribution is -2.28. The molecule has 5 rings (SSSR count). The minimum atomic E-state index is -0.0980. The minimum absolute atomic E-state index is 0.0980. The molecule has 0 bridgehead atoms. The number of thioether (sulfide) groups is 1. The van der Waals surface area contributed by atoms with Crippen molar-refractivity contribution in [2.45, 2.75) is 26.6 Å². The van der Waals surface area contributed by atoms with Gasteiger partial charge in [-0.05, 0) is 59.1 Å². The molecule has 0 unspecified atom stereocenters. The maximum absolute atomic E-state index is 13.6. The Morgan fingerprint density at radius 2 is 1.48 bits per heavy atom. The van der Waals surface area contributed by atoms with E-state index in [-0.39, 0.29) is 5.91 Å². The Labute approximate surface area is 244 Å². The third-order valence-corrected chi connectivity index (χ3v) is 7.49. The van der Waals surface area contributed by atoms with E-state index in [1.54, 1.807) is 11.0 Å². The Morgan fingerprint density at radius 1 is 0.850 bits per heavy atom. The van der Waals surface area contributed by atoms with Crippen molar-refractivity contribution in [2.24, 2.45) is 4.99 Å². The van der Waals surface area contributed by atoms with Crippen LogP contribution in [0.5, 0.6) is 11.5 Å². The van der Waals surface area contributed by atoms with Gasteiger partial charge in [-0.15, -0.1) is 0 Å². The van der Waals surface area contributed by atoms with E-state index in [4.69, 9.17) is 26.1 Å². The van der Waals surface area contributed by atoms with Crippen LogP contribution in [-0.2, 0) is 24.5 Å². The van der Waals surface area contributed by atoms with E-state index in [0.29, 0.717) is 52.9 Å². The molecule has 40 heavy (non-hydrogen) atoms. The fourth-order valence-corrected chi connectivity index (χ4v) is 5.48. The van der Waals surface area contributed by atoms with Crippen molar-refractivity contribution in [1.82, 2.24) is 4.90 Å². The minimum Gasteiger partial charge on any atom is -0.490 e. The number of amidine groups is 1. The number of hydrogen-bond acceptors (Lipinski definition) is 5. The highest BCUT2D eigenvalue weighted by molar-refractivity contribution is 8.18. The lowest BCUT2D eigenvalue weighted by Gasteiger charge is -2.16. The number of carbonyl (C=O) groups is 1. The van der Waals surface area contributed by atoms with E-state index in [2.05, 4.69) is 0 Å². The average molecular weight is 569 g/mol. The van der Waals surface area contributed by atoms with Crippen molar-refractivity contribution < 1.29 is 14.3 Å². The van der Waals surface area contributed by atoms with Gasteiger partial charge in [-0.25, -0.2) is 0 Å². The number of hydrogen-bond donors (Lipinski definition) is 0. The third kappa shape index (κ3) is 6.95. The molecular formula is C33H29ClN2O3S. The van der Waals surface area contributed by atoms with E-state index >= 15 is 0 Å². The molecule has 1 fully saturated rings. The van der Waals surface area contributed by atoms with Crippen LogP contribution in [-0.4, -0.2) is 22.6 Å². The Hall–Kier alpha value is -4.00. The quantitative estimate of drug-likeness (QED) is 0.182. The number of rotatable bonds is 10. The Balaban J connectivity index is 1.42. The van der Waals surface area contributed by atoms with Gasteiger partial charge in [-0.2, -0.15) is 0 Å². The molecule has 202 valence electrons. The smallest absolute Gasteiger partial charge is 0.267 e. The lowest BCUT2D eigenvalue weighted by molar-refractivity contribution is -0.122. The van der Waals surface area contributed by atoms with Crippen molar-refractivity contribution in [3.63, 3.8) is 0 Å². The van der Waals surface area contributed by atoms with E-state index in [9.17, 15) is 4.79 Å². The fraction of sp³-hybridized carbons (Fsp3) is 0.152. The summed E-state index contributed by atoms with van der Waals surface area (Å²) in [5, 5.41) is 1.09. The SMILES string of the molecule is CCOc1cc(/C=C2/SC(=NCc3ccccc3)N(Cc3ccccc3)C2=O)cc(Cl)c1OCc1ccccc1. The van der Waals surface area contributed by atoms with Gasteiger partial charge < -0.3 is 9.47 Å². The van der Waals surface area contributed by atoms with Crippen LogP contribution < -0.4 is 9.47 Å². The summed E-state index contributed by atoms with van der Waals surface area (Å²) < 4.78 is 11.9. The fourth-order valence-electron chi connectivity index (χ4n) is 4.23. The average Bonchev–Trinajstić information content (AvgIpc) is 3.26. The molecule has 1 saturated heterocycles. The highest BCUT2D eigenvalue weighted by Gasteiger charge is 2.33. The van der Waals surface area contributed by atoms with Gasteiger partial charge in [0.25, 0.3) is 5.91 Å². The summed E-state index contributed by atoms with van der Waals surface area (Å²) in [6, 6.07) is 33.5. The standard InChI is InChI=1S/C33H29ClN2O3S/c1-2-38-29-19-27(18-28(34)31(29)39-23-26-16-10-5-11-17-26)20-30-32(37)36(22-25-14-8-4-9-15-25)33(40-30)35-21-24-12-6-3-7-13-24/h3-20H,2,21-23H2,1H3/b30-20+,35-33?. The van der Waals surface area contributed by atoms with Crippen molar-refractivity contribution in [2.75, 3.05) is 6.61 Å². The van der Waals surface area contributed by atoms with Crippen molar-refractivity contribution in [3.8, 4) is 11.5 Å². The van der Waals surface area contributed by atoms with Gasteiger partial charge in [0.15, 0.2) is 16.7 Å². The number of benzene rings is 4. The van der Waals surface area contributed by atoms with Crippen LogP contribution >= 0.6 is 23.4 Å². The number of halogens is 1. The van der Waals surface area contributed by atoms with Crippen LogP contribution in [0.15, 0.2) is 113 Å². The molecule has 1 aliphatic rings. The predicted octanol–water partition coefficient (Wildman–Crippen LogP) is 7.99. The molecule has 7 heteroatoms. The second-order valence-corrected chi connectivity index (χ2v) is 10.5. The molecule has 4 aromatic carbocycles. The summed E-state index contributed by atoms with van der Waals surface area (Å²) in [5.74, 6) is 0.919. The maximum atomic E-state index is 13.6. The van der Waals surface area contributed by atoms with Gasteiger partial charge in [0.05, 0.1) is 29.6 Å².